The molecule has 0 atom stereocenters. The highest BCUT2D eigenvalue weighted by Gasteiger charge is 2.31. The predicted molar refractivity (Wildman–Crippen MR) is 98.7 cm³/mol. The molecule has 4 nitrogen and oxygen atoms in total. The SMILES string of the molecule is CC(C)(/C=C\c1c(N)nc(N)nc1CCC(F)(F)F)c1ccc(C(F)(F)F)cc1. The summed E-state index contributed by atoms with van der Waals surface area (Å²) >= 11 is 0. The number of hydrogen-bond donors (Lipinski definition) is 2. The normalized spacial score (nSPS) is 13.2. The minimum absolute atomic E-state index is 0.0480. The fourth-order valence-corrected chi connectivity index (χ4v) is 2.66. The van der Waals surface area contributed by atoms with Gasteiger partial charge in [0.25, 0.3) is 0 Å². The Hall–Kier alpha value is -2.78. The molecule has 2 rings (SSSR count). The molecule has 0 aliphatic heterocycles. The minimum atomic E-state index is -4.44. The van der Waals surface area contributed by atoms with Crippen LogP contribution in [0.15, 0.2) is 30.3 Å². The second-order valence-corrected chi connectivity index (χ2v) is 7.07. The Bertz CT molecular complexity index is 883. The van der Waals surface area contributed by atoms with Crippen molar-refractivity contribution in [3.05, 3.63) is 52.7 Å². The summed E-state index contributed by atoms with van der Waals surface area (Å²) in [4.78, 5) is 7.64. The van der Waals surface area contributed by atoms with E-state index in [1.54, 1.807) is 19.9 Å². The summed E-state index contributed by atoms with van der Waals surface area (Å²) in [6.45, 7) is 3.49. The van der Waals surface area contributed by atoms with Gasteiger partial charge in [-0.2, -0.15) is 31.3 Å². The molecule has 0 aliphatic carbocycles. The lowest BCUT2D eigenvalue weighted by Gasteiger charge is -2.22. The van der Waals surface area contributed by atoms with Crippen molar-refractivity contribution < 1.29 is 26.3 Å². The van der Waals surface area contributed by atoms with Crippen molar-refractivity contribution in [1.29, 1.82) is 0 Å². The number of alkyl halides is 6. The monoisotopic (exact) mass is 418 g/mol. The van der Waals surface area contributed by atoms with E-state index in [-0.39, 0.29) is 23.0 Å². The van der Waals surface area contributed by atoms with Crippen molar-refractivity contribution in [2.75, 3.05) is 11.5 Å². The number of halogens is 6. The first-order valence-electron chi connectivity index (χ1n) is 8.54. The molecule has 158 valence electrons. The number of nitrogens with two attached hydrogens (primary N) is 2. The van der Waals surface area contributed by atoms with Gasteiger partial charge in [0.1, 0.15) is 5.82 Å². The topological polar surface area (TPSA) is 77.8 Å². The van der Waals surface area contributed by atoms with Gasteiger partial charge in [0.2, 0.25) is 5.95 Å². The summed E-state index contributed by atoms with van der Waals surface area (Å²) in [6.07, 6.45) is -7.26. The third kappa shape index (κ3) is 6.10. The smallest absolute Gasteiger partial charge is 0.383 e. The third-order valence-corrected chi connectivity index (χ3v) is 4.34. The summed E-state index contributed by atoms with van der Waals surface area (Å²) in [5.74, 6) is -0.312. The van der Waals surface area contributed by atoms with Crippen LogP contribution in [-0.4, -0.2) is 16.1 Å². The standard InChI is InChI=1S/C19H20F6N4/c1-17(2,11-3-5-12(6-4-11)19(23,24)25)9-7-13-14(8-10-18(20,21)22)28-16(27)29-15(13)26/h3-7,9H,8,10H2,1-2H3,(H4,26,27,28,29)/b9-7-. The quantitative estimate of drug-likeness (QED) is 0.659. The highest BCUT2D eigenvalue weighted by molar-refractivity contribution is 5.65. The minimum Gasteiger partial charge on any atom is -0.383 e. The van der Waals surface area contributed by atoms with Gasteiger partial charge in [-0.05, 0) is 24.1 Å². The molecule has 1 heterocycles. The molecule has 10 heteroatoms. The summed E-state index contributed by atoms with van der Waals surface area (Å²) in [5.41, 5.74) is 10.6. The highest BCUT2D eigenvalue weighted by Crippen LogP contribution is 2.33. The molecular weight excluding hydrogens is 398 g/mol. The van der Waals surface area contributed by atoms with Gasteiger partial charge in [0, 0.05) is 17.4 Å². The summed E-state index contributed by atoms with van der Waals surface area (Å²) in [6, 6.07) is 4.64. The van der Waals surface area contributed by atoms with E-state index in [4.69, 9.17) is 11.5 Å². The van der Waals surface area contributed by atoms with Gasteiger partial charge in [-0.25, -0.2) is 4.98 Å². The lowest BCUT2D eigenvalue weighted by Crippen LogP contribution is -2.15. The molecule has 0 fully saturated rings. The number of allylic oxidation sites excluding steroid dienone is 1. The number of nitrogens with zero attached hydrogens (tertiary/aromatic N) is 2. The molecule has 0 saturated carbocycles. The van der Waals surface area contributed by atoms with Crippen LogP contribution in [0.2, 0.25) is 0 Å². The highest BCUT2D eigenvalue weighted by atomic mass is 19.4. The lowest BCUT2D eigenvalue weighted by atomic mass is 9.83. The van der Waals surface area contributed by atoms with E-state index in [0.29, 0.717) is 5.56 Å². The van der Waals surface area contributed by atoms with Crippen LogP contribution in [0.3, 0.4) is 0 Å². The van der Waals surface area contributed by atoms with Gasteiger partial charge < -0.3 is 11.5 Å². The van der Waals surface area contributed by atoms with Gasteiger partial charge in [0.15, 0.2) is 0 Å². The van der Waals surface area contributed by atoms with Crippen LogP contribution in [0.4, 0.5) is 38.1 Å². The molecule has 0 spiro atoms. The number of aromatic nitrogens is 2. The first-order valence-corrected chi connectivity index (χ1v) is 8.54. The molecule has 0 aliphatic rings. The van der Waals surface area contributed by atoms with E-state index >= 15 is 0 Å². The Morgan fingerprint density at radius 2 is 1.45 bits per heavy atom. The molecule has 0 amide bonds. The number of benzene rings is 1. The average Bonchev–Trinajstić information content (AvgIpc) is 2.57. The fraction of sp³-hybridized carbons (Fsp3) is 0.368. The van der Waals surface area contributed by atoms with Crippen LogP contribution in [0.1, 0.15) is 42.7 Å². The van der Waals surface area contributed by atoms with Crippen molar-refractivity contribution in [1.82, 2.24) is 9.97 Å². The van der Waals surface area contributed by atoms with Crippen molar-refractivity contribution in [2.24, 2.45) is 0 Å². The van der Waals surface area contributed by atoms with Crippen molar-refractivity contribution >= 4 is 17.8 Å². The maximum Gasteiger partial charge on any atom is 0.416 e. The molecule has 0 radical (unpaired) electrons. The van der Waals surface area contributed by atoms with E-state index in [2.05, 4.69) is 9.97 Å². The zero-order valence-corrected chi connectivity index (χ0v) is 15.7. The third-order valence-electron chi connectivity index (χ3n) is 4.34. The summed E-state index contributed by atoms with van der Waals surface area (Å²) < 4.78 is 75.9. The van der Waals surface area contributed by atoms with Crippen LogP contribution in [0.5, 0.6) is 0 Å². The molecule has 1 aromatic heterocycles. The summed E-state index contributed by atoms with van der Waals surface area (Å²) in [5, 5.41) is 0. The van der Waals surface area contributed by atoms with Gasteiger partial charge in [-0.15, -0.1) is 0 Å². The Morgan fingerprint density at radius 3 is 1.97 bits per heavy atom. The number of anilines is 2. The van der Waals surface area contributed by atoms with Crippen LogP contribution in [0.25, 0.3) is 6.08 Å². The van der Waals surface area contributed by atoms with Crippen LogP contribution >= 0.6 is 0 Å². The summed E-state index contributed by atoms with van der Waals surface area (Å²) in [7, 11) is 0. The van der Waals surface area contributed by atoms with E-state index in [1.165, 1.54) is 18.2 Å². The maximum atomic E-state index is 12.7. The second-order valence-electron chi connectivity index (χ2n) is 7.07. The molecule has 0 saturated heterocycles. The molecule has 1 aromatic carbocycles. The Labute approximate surface area is 163 Å². The van der Waals surface area contributed by atoms with Crippen molar-refractivity contribution in [3.8, 4) is 0 Å². The first-order chi connectivity index (χ1) is 13.2. The van der Waals surface area contributed by atoms with E-state index in [0.717, 1.165) is 12.1 Å². The lowest BCUT2D eigenvalue weighted by molar-refractivity contribution is -0.137. The van der Waals surface area contributed by atoms with E-state index < -0.39 is 36.2 Å². The molecule has 0 unspecified atom stereocenters. The van der Waals surface area contributed by atoms with Crippen molar-refractivity contribution in [2.45, 2.75) is 44.5 Å². The number of nitrogen functional groups attached to an aromatic ring is 2. The van der Waals surface area contributed by atoms with Crippen LogP contribution in [-0.2, 0) is 18.0 Å². The van der Waals surface area contributed by atoms with Gasteiger partial charge in [0.05, 0.1) is 11.3 Å². The maximum absolute atomic E-state index is 12.7. The zero-order chi connectivity index (χ0) is 22.0. The second kappa shape index (κ2) is 7.92. The molecule has 4 N–H and O–H groups in total. The number of hydrogen-bond acceptors (Lipinski definition) is 4. The van der Waals surface area contributed by atoms with E-state index in [1.807, 2.05) is 0 Å². The average molecular weight is 418 g/mol. The molecule has 0 bridgehead atoms. The first kappa shape index (κ1) is 22.5. The Morgan fingerprint density at radius 1 is 0.897 bits per heavy atom. The van der Waals surface area contributed by atoms with Crippen LogP contribution in [0, 0.1) is 0 Å². The van der Waals surface area contributed by atoms with Crippen LogP contribution < -0.4 is 11.5 Å². The number of rotatable bonds is 5. The Balaban J connectivity index is 2.34. The molecular formula is C19H20F6N4. The fourth-order valence-electron chi connectivity index (χ4n) is 2.66. The van der Waals surface area contributed by atoms with Crippen molar-refractivity contribution in [3.63, 3.8) is 0 Å². The van der Waals surface area contributed by atoms with Gasteiger partial charge >= 0.3 is 12.4 Å². The van der Waals surface area contributed by atoms with E-state index in [9.17, 15) is 26.3 Å². The van der Waals surface area contributed by atoms with Gasteiger partial charge in [-0.3, -0.25) is 0 Å². The predicted octanol–water partition coefficient (Wildman–Crippen LogP) is 5.15. The largest absolute Gasteiger partial charge is 0.416 e. The Kier molecular flexibility index (Phi) is 6.15. The molecule has 2 aromatic rings. The molecule has 29 heavy (non-hydrogen) atoms. The zero-order valence-electron chi connectivity index (χ0n) is 15.7. The van der Waals surface area contributed by atoms with Gasteiger partial charge in [-0.1, -0.05) is 38.1 Å². The number of aryl methyl sites for hydroxylation is 1.